The van der Waals surface area contributed by atoms with Gasteiger partial charge in [0.25, 0.3) is 0 Å². The molecule has 1 rings (SSSR count). The number of imidazole rings is 1. The van der Waals surface area contributed by atoms with Gasteiger partial charge < -0.3 is 42.6 Å². The van der Waals surface area contributed by atoms with E-state index < -0.39 is 72.6 Å². The molecular formula is C19H29N7O8S. The molecule has 15 nitrogen and oxygen atoms in total. The van der Waals surface area contributed by atoms with E-state index in [0.717, 1.165) is 0 Å². The fraction of sp³-hybridized carbons (Fsp3) is 0.526. The maximum absolute atomic E-state index is 13.0. The van der Waals surface area contributed by atoms with Crippen LogP contribution in [0, 0.1) is 0 Å². The molecule has 0 aliphatic heterocycles. The smallest absolute Gasteiger partial charge is 0.326 e. The third-order valence-corrected chi connectivity index (χ3v) is 5.25. The Hall–Kier alpha value is -3.66. The number of H-pyrrole nitrogens is 1. The lowest BCUT2D eigenvalue weighted by Gasteiger charge is -2.24. The molecule has 0 aliphatic carbocycles. The summed E-state index contributed by atoms with van der Waals surface area (Å²) in [5.41, 5.74) is 11.1. The summed E-state index contributed by atoms with van der Waals surface area (Å²) >= 11 is 1.37. The second-order valence-electron chi connectivity index (χ2n) is 7.46. The number of rotatable bonds is 16. The van der Waals surface area contributed by atoms with E-state index in [-0.39, 0.29) is 12.8 Å². The van der Waals surface area contributed by atoms with Crippen molar-refractivity contribution in [3.8, 4) is 0 Å². The van der Waals surface area contributed by atoms with Gasteiger partial charge in [0.2, 0.25) is 23.6 Å². The Morgan fingerprint density at radius 2 is 1.60 bits per heavy atom. The molecule has 4 atom stereocenters. The molecule has 0 bridgehead atoms. The fourth-order valence-corrected chi connectivity index (χ4v) is 3.30. The summed E-state index contributed by atoms with van der Waals surface area (Å²) in [4.78, 5) is 78.3. The summed E-state index contributed by atoms with van der Waals surface area (Å²) in [7, 11) is 0. The number of nitrogens with one attached hydrogen (secondary N) is 4. The Morgan fingerprint density at radius 3 is 2.11 bits per heavy atom. The van der Waals surface area contributed by atoms with Crippen molar-refractivity contribution in [1.82, 2.24) is 25.9 Å². The first-order chi connectivity index (χ1) is 16.4. The summed E-state index contributed by atoms with van der Waals surface area (Å²) in [5.74, 6) is -5.96. The average Bonchev–Trinajstić information content (AvgIpc) is 3.27. The molecule has 35 heavy (non-hydrogen) atoms. The first kappa shape index (κ1) is 29.4. The minimum absolute atomic E-state index is 0.0967. The molecular weight excluding hydrogens is 486 g/mol. The largest absolute Gasteiger partial charge is 0.481 e. The van der Waals surface area contributed by atoms with Crippen LogP contribution < -0.4 is 27.4 Å². The van der Waals surface area contributed by atoms with Crippen LogP contribution in [0.25, 0.3) is 0 Å². The van der Waals surface area contributed by atoms with Gasteiger partial charge in [0.1, 0.15) is 18.1 Å². The zero-order valence-corrected chi connectivity index (χ0v) is 19.7. The third-order valence-electron chi connectivity index (χ3n) is 4.61. The summed E-state index contributed by atoms with van der Waals surface area (Å²) in [5, 5.41) is 25.0. The number of primary amides is 1. The number of carbonyl (C=O) groups excluding carboxylic acids is 4. The Balaban J connectivity index is 3.04. The molecule has 4 unspecified atom stereocenters. The van der Waals surface area contributed by atoms with Crippen LogP contribution in [0.15, 0.2) is 12.5 Å². The number of carboxylic acid groups (broad SMARTS) is 2. The Kier molecular flexibility index (Phi) is 12.2. The van der Waals surface area contributed by atoms with Crippen molar-refractivity contribution < 1.29 is 39.0 Å². The van der Waals surface area contributed by atoms with Crippen molar-refractivity contribution in [2.24, 2.45) is 11.5 Å². The van der Waals surface area contributed by atoms with Gasteiger partial charge in [0.15, 0.2) is 0 Å². The van der Waals surface area contributed by atoms with Crippen molar-refractivity contribution in [1.29, 1.82) is 0 Å². The molecule has 16 heteroatoms. The summed E-state index contributed by atoms with van der Waals surface area (Å²) < 4.78 is 0. The number of nitrogens with zero attached hydrogens (tertiary/aromatic N) is 1. The predicted molar refractivity (Wildman–Crippen MR) is 123 cm³/mol. The van der Waals surface area contributed by atoms with Crippen molar-refractivity contribution in [3.05, 3.63) is 18.2 Å². The van der Waals surface area contributed by atoms with E-state index in [1.807, 2.05) is 0 Å². The van der Waals surface area contributed by atoms with Crippen molar-refractivity contribution in [3.63, 3.8) is 0 Å². The normalized spacial score (nSPS) is 14.1. The van der Waals surface area contributed by atoms with Crippen LogP contribution in [0.3, 0.4) is 0 Å². The van der Waals surface area contributed by atoms with Crippen LogP contribution >= 0.6 is 11.8 Å². The Labute approximate surface area is 204 Å². The lowest BCUT2D eigenvalue weighted by Crippen LogP contribution is -2.58. The van der Waals surface area contributed by atoms with Crippen LogP contribution in [-0.2, 0) is 35.2 Å². The van der Waals surface area contributed by atoms with E-state index in [0.29, 0.717) is 11.4 Å². The molecule has 0 aromatic carbocycles. The summed E-state index contributed by atoms with van der Waals surface area (Å²) in [6.45, 7) is 0. The maximum atomic E-state index is 13.0. The number of aromatic amines is 1. The average molecular weight is 516 g/mol. The van der Waals surface area contributed by atoms with Crippen molar-refractivity contribution in [2.75, 3.05) is 12.0 Å². The number of aromatic nitrogens is 2. The highest BCUT2D eigenvalue weighted by atomic mass is 32.2. The molecule has 10 N–H and O–H groups in total. The van der Waals surface area contributed by atoms with E-state index in [2.05, 4.69) is 25.9 Å². The number of amides is 4. The van der Waals surface area contributed by atoms with Gasteiger partial charge in [-0.15, -0.1) is 0 Å². The van der Waals surface area contributed by atoms with Crippen LogP contribution in [-0.4, -0.2) is 91.9 Å². The van der Waals surface area contributed by atoms with Crippen molar-refractivity contribution >= 4 is 47.3 Å². The monoisotopic (exact) mass is 515 g/mol. The lowest BCUT2D eigenvalue weighted by atomic mass is 10.1. The molecule has 0 fully saturated rings. The van der Waals surface area contributed by atoms with Gasteiger partial charge in [-0.2, -0.15) is 11.8 Å². The third kappa shape index (κ3) is 10.9. The van der Waals surface area contributed by atoms with Gasteiger partial charge in [0.05, 0.1) is 25.2 Å². The van der Waals surface area contributed by atoms with E-state index in [9.17, 15) is 33.9 Å². The molecule has 4 amide bonds. The van der Waals surface area contributed by atoms with Gasteiger partial charge in [-0.25, -0.2) is 9.78 Å². The van der Waals surface area contributed by atoms with Crippen LogP contribution in [0.5, 0.6) is 0 Å². The number of carbonyl (C=O) groups is 6. The quantitative estimate of drug-likeness (QED) is 0.109. The number of aliphatic carboxylic acids is 2. The standard InChI is InChI=1S/C19H29N7O8S/c1-35-3-2-11(19(33)34)24-18(32)13(6-14(21)27)26-17(31)12(4-9-7-22-8-23-9)25-16(30)10(20)5-15(28)29/h7-8,10-13H,2-6,20H2,1H3,(H2,21,27)(H,22,23)(H,24,32)(H,25,30)(H,26,31)(H,28,29)(H,33,34). The van der Waals surface area contributed by atoms with Gasteiger partial charge in [-0.3, -0.25) is 24.0 Å². The molecule has 0 radical (unpaired) electrons. The van der Waals surface area contributed by atoms with Crippen LogP contribution in [0.2, 0.25) is 0 Å². The molecule has 0 spiro atoms. The first-order valence-corrected chi connectivity index (χ1v) is 11.7. The van der Waals surface area contributed by atoms with Crippen molar-refractivity contribution in [2.45, 2.75) is 49.9 Å². The number of nitrogens with two attached hydrogens (primary N) is 2. The predicted octanol–water partition coefficient (Wildman–Crippen LogP) is -3.08. The van der Waals surface area contributed by atoms with Gasteiger partial charge in [-0.1, -0.05) is 0 Å². The van der Waals surface area contributed by atoms with Crippen LogP contribution in [0.4, 0.5) is 0 Å². The molecule has 0 saturated heterocycles. The number of hydrogen-bond donors (Lipinski definition) is 8. The van der Waals surface area contributed by atoms with Crippen LogP contribution in [0.1, 0.15) is 25.0 Å². The van der Waals surface area contributed by atoms with E-state index >= 15 is 0 Å². The number of thioether (sulfide) groups is 1. The van der Waals surface area contributed by atoms with Gasteiger partial charge in [-0.05, 0) is 18.4 Å². The minimum Gasteiger partial charge on any atom is -0.481 e. The lowest BCUT2D eigenvalue weighted by molar-refractivity contribution is -0.142. The highest BCUT2D eigenvalue weighted by Crippen LogP contribution is 2.05. The fourth-order valence-electron chi connectivity index (χ4n) is 2.83. The zero-order chi connectivity index (χ0) is 26.5. The van der Waals surface area contributed by atoms with E-state index in [1.165, 1.54) is 24.3 Å². The van der Waals surface area contributed by atoms with E-state index in [4.69, 9.17) is 16.6 Å². The SMILES string of the molecule is CSCCC(NC(=O)C(CC(N)=O)NC(=O)C(Cc1cnc[nH]1)NC(=O)C(N)CC(=O)O)C(=O)O. The van der Waals surface area contributed by atoms with E-state index in [1.54, 1.807) is 6.26 Å². The summed E-state index contributed by atoms with van der Waals surface area (Å²) in [6.07, 6.45) is 3.08. The van der Waals surface area contributed by atoms with Gasteiger partial charge in [0, 0.05) is 18.3 Å². The molecule has 0 saturated carbocycles. The molecule has 1 heterocycles. The number of carboxylic acids is 2. The Bertz CT molecular complexity index is 911. The molecule has 1 aromatic heterocycles. The number of hydrogen-bond acceptors (Lipinski definition) is 9. The second-order valence-corrected chi connectivity index (χ2v) is 8.44. The molecule has 1 aromatic rings. The highest BCUT2D eigenvalue weighted by Gasteiger charge is 2.31. The zero-order valence-electron chi connectivity index (χ0n) is 18.9. The molecule has 194 valence electrons. The highest BCUT2D eigenvalue weighted by molar-refractivity contribution is 7.98. The minimum atomic E-state index is -1.54. The Morgan fingerprint density at radius 1 is 1.00 bits per heavy atom. The summed E-state index contributed by atoms with van der Waals surface area (Å²) in [6, 6.07) is -5.61. The molecule has 0 aliphatic rings. The first-order valence-electron chi connectivity index (χ1n) is 10.3. The second kappa shape index (κ2) is 14.6. The maximum Gasteiger partial charge on any atom is 0.326 e. The topological polar surface area (TPSA) is 260 Å². The van der Waals surface area contributed by atoms with Gasteiger partial charge >= 0.3 is 11.9 Å².